The SMILES string of the molecule is CCCNC(=O)N(CC)CCN1C(=O)CSC1c1cc(OC)ccc1OC. The summed E-state index contributed by atoms with van der Waals surface area (Å²) in [7, 11) is 3.23. The van der Waals surface area contributed by atoms with Gasteiger partial charge in [0.2, 0.25) is 5.91 Å². The number of benzene rings is 1. The first-order valence-electron chi connectivity index (χ1n) is 9.21. The van der Waals surface area contributed by atoms with Crippen LogP contribution in [0.3, 0.4) is 0 Å². The number of nitrogens with one attached hydrogen (secondary N) is 1. The van der Waals surface area contributed by atoms with Crippen LogP contribution in [-0.4, -0.2) is 67.9 Å². The van der Waals surface area contributed by atoms with Gasteiger partial charge in [0.1, 0.15) is 16.9 Å². The van der Waals surface area contributed by atoms with Crippen LogP contribution in [-0.2, 0) is 4.79 Å². The molecule has 0 saturated carbocycles. The zero-order valence-corrected chi connectivity index (χ0v) is 17.3. The lowest BCUT2D eigenvalue weighted by molar-refractivity contribution is -0.128. The van der Waals surface area contributed by atoms with Crippen LogP contribution < -0.4 is 14.8 Å². The number of carbonyl (C=O) groups is 2. The predicted octanol–water partition coefficient (Wildman–Crippen LogP) is 2.72. The zero-order valence-electron chi connectivity index (χ0n) is 16.5. The van der Waals surface area contributed by atoms with Gasteiger partial charge in [0.15, 0.2) is 0 Å². The third-order valence-electron chi connectivity index (χ3n) is 4.48. The van der Waals surface area contributed by atoms with Gasteiger partial charge in [-0.1, -0.05) is 6.92 Å². The van der Waals surface area contributed by atoms with Crippen LogP contribution in [0.1, 0.15) is 31.2 Å². The van der Waals surface area contributed by atoms with Crippen LogP contribution in [0.25, 0.3) is 0 Å². The van der Waals surface area contributed by atoms with Crippen LogP contribution in [0.4, 0.5) is 4.79 Å². The van der Waals surface area contributed by atoms with Gasteiger partial charge in [-0.15, -0.1) is 11.8 Å². The molecule has 27 heavy (non-hydrogen) atoms. The van der Waals surface area contributed by atoms with E-state index in [1.807, 2.05) is 36.9 Å². The van der Waals surface area contributed by atoms with E-state index in [2.05, 4.69) is 5.32 Å². The van der Waals surface area contributed by atoms with Gasteiger partial charge in [-0.05, 0) is 31.5 Å². The van der Waals surface area contributed by atoms with Crippen molar-refractivity contribution in [3.05, 3.63) is 23.8 Å². The Morgan fingerprint density at radius 1 is 1.33 bits per heavy atom. The smallest absolute Gasteiger partial charge is 0.317 e. The molecule has 1 aromatic carbocycles. The number of hydrogen-bond acceptors (Lipinski definition) is 5. The summed E-state index contributed by atoms with van der Waals surface area (Å²) in [6, 6.07) is 5.51. The molecule has 7 nitrogen and oxygen atoms in total. The maximum Gasteiger partial charge on any atom is 0.317 e. The highest BCUT2D eigenvalue weighted by atomic mass is 32.2. The minimum Gasteiger partial charge on any atom is -0.497 e. The first-order chi connectivity index (χ1) is 13.0. The van der Waals surface area contributed by atoms with Crippen LogP contribution in [0.15, 0.2) is 18.2 Å². The number of ether oxygens (including phenoxy) is 2. The van der Waals surface area contributed by atoms with Gasteiger partial charge in [-0.25, -0.2) is 4.79 Å². The highest BCUT2D eigenvalue weighted by Gasteiger charge is 2.35. The van der Waals surface area contributed by atoms with Gasteiger partial charge in [0.05, 0.1) is 20.0 Å². The molecule has 0 aromatic heterocycles. The summed E-state index contributed by atoms with van der Waals surface area (Å²) in [4.78, 5) is 28.2. The maximum absolute atomic E-state index is 12.5. The Labute approximate surface area is 165 Å². The van der Waals surface area contributed by atoms with Crippen molar-refractivity contribution in [2.24, 2.45) is 0 Å². The first kappa shape index (κ1) is 21.2. The molecule has 1 N–H and O–H groups in total. The van der Waals surface area contributed by atoms with E-state index >= 15 is 0 Å². The molecule has 1 fully saturated rings. The number of carbonyl (C=O) groups excluding carboxylic acids is 2. The Morgan fingerprint density at radius 2 is 2.11 bits per heavy atom. The average molecular weight is 396 g/mol. The summed E-state index contributed by atoms with van der Waals surface area (Å²) in [6.45, 7) is 6.16. The van der Waals surface area contributed by atoms with E-state index in [9.17, 15) is 9.59 Å². The molecule has 1 unspecified atom stereocenters. The summed E-state index contributed by atoms with van der Waals surface area (Å²) in [6.07, 6.45) is 0.891. The highest BCUT2D eigenvalue weighted by molar-refractivity contribution is 8.00. The molecule has 8 heteroatoms. The highest BCUT2D eigenvalue weighted by Crippen LogP contribution is 2.43. The van der Waals surface area contributed by atoms with Gasteiger partial charge in [-0.3, -0.25) is 4.79 Å². The van der Waals surface area contributed by atoms with E-state index in [-0.39, 0.29) is 17.3 Å². The topological polar surface area (TPSA) is 71.1 Å². The molecule has 1 atom stereocenters. The third kappa shape index (κ3) is 5.22. The molecule has 2 rings (SSSR count). The number of hydrogen-bond donors (Lipinski definition) is 1. The molecule has 1 aliphatic rings. The lowest BCUT2D eigenvalue weighted by Gasteiger charge is -2.29. The van der Waals surface area contributed by atoms with Crippen molar-refractivity contribution in [3.8, 4) is 11.5 Å². The molecule has 1 heterocycles. The molecule has 0 aliphatic carbocycles. The lowest BCUT2D eigenvalue weighted by Crippen LogP contribution is -2.44. The molecular formula is C19H29N3O4S. The average Bonchev–Trinajstić information content (AvgIpc) is 3.06. The lowest BCUT2D eigenvalue weighted by atomic mass is 10.1. The number of urea groups is 1. The number of nitrogens with zero attached hydrogens (tertiary/aromatic N) is 2. The van der Waals surface area contributed by atoms with Crippen LogP contribution in [0.5, 0.6) is 11.5 Å². The van der Waals surface area contributed by atoms with Crippen molar-refractivity contribution in [1.29, 1.82) is 0 Å². The van der Waals surface area contributed by atoms with E-state index in [1.165, 1.54) is 0 Å². The molecule has 1 saturated heterocycles. The van der Waals surface area contributed by atoms with Crippen molar-refractivity contribution < 1.29 is 19.1 Å². The first-order valence-corrected chi connectivity index (χ1v) is 10.3. The van der Waals surface area contributed by atoms with Gasteiger partial charge in [-0.2, -0.15) is 0 Å². The summed E-state index contributed by atoms with van der Waals surface area (Å²) in [5, 5.41) is 2.74. The monoisotopic (exact) mass is 395 g/mol. The van der Waals surface area contributed by atoms with E-state index < -0.39 is 0 Å². The Bertz CT molecular complexity index is 656. The molecule has 150 valence electrons. The molecular weight excluding hydrogens is 366 g/mol. The summed E-state index contributed by atoms with van der Waals surface area (Å²) < 4.78 is 10.8. The van der Waals surface area contributed by atoms with Gasteiger partial charge >= 0.3 is 6.03 Å². The molecule has 0 spiro atoms. The molecule has 1 aliphatic heterocycles. The molecule has 0 radical (unpaired) electrons. The Hall–Kier alpha value is -2.09. The van der Waals surface area contributed by atoms with E-state index in [0.29, 0.717) is 31.9 Å². The number of rotatable bonds is 9. The van der Waals surface area contributed by atoms with E-state index in [1.54, 1.807) is 30.9 Å². The molecule has 1 aromatic rings. The maximum atomic E-state index is 12.5. The third-order valence-corrected chi connectivity index (χ3v) is 5.71. The van der Waals surface area contributed by atoms with Crippen LogP contribution in [0.2, 0.25) is 0 Å². The second-order valence-corrected chi connectivity index (χ2v) is 7.24. The number of methoxy groups -OCH3 is 2. The number of likely N-dealkylation sites (N-methyl/N-ethyl adjacent to an activating group) is 1. The summed E-state index contributed by atoms with van der Waals surface area (Å²) in [5.41, 5.74) is 0.909. The van der Waals surface area contributed by atoms with Gasteiger partial charge < -0.3 is 24.6 Å². The number of amides is 3. The van der Waals surface area contributed by atoms with Crippen molar-refractivity contribution in [2.45, 2.75) is 25.6 Å². The number of thioether (sulfide) groups is 1. The summed E-state index contributed by atoms with van der Waals surface area (Å²) in [5.74, 6) is 1.93. The van der Waals surface area contributed by atoms with Crippen molar-refractivity contribution in [1.82, 2.24) is 15.1 Å². The molecule has 3 amide bonds. The van der Waals surface area contributed by atoms with Gasteiger partial charge in [0, 0.05) is 31.7 Å². The summed E-state index contributed by atoms with van der Waals surface area (Å²) >= 11 is 1.56. The van der Waals surface area contributed by atoms with E-state index in [4.69, 9.17) is 9.47 Å². The standard InChI is InChI=1S/C19H29N3O4S/c1-5-9-20-19(24)21(6-2)10-11-22-17(23)13-27-18(22)15-12-14(25-3)7-8-16(15)26-4/h7-8,12,18H,5-6,9-11,13H2,1-4H3,(H,20,24). The van der Waals surface area contributed by atoms with Crippen LogP contribution in [0, 0.1) is 0 Å². The normalized spacial score (nSPS) is 16.4. The van der Waals surface area contributed by atoms with Crippen molar-refractivity contribution in [3.63, 3.8) is 0 Å². The van der Waals surface area contributed by atoms with Crippen molar-refractivity contribution >= 4 is 23.7 Å². The fraction of sp³-hybridized carbons (Fsp3) is 0.579. The second-order valence-electron chi connectivity index (χ2n) is 6.17. The minimum atomic E-state index is -0.153. The second kappa shape index (κ2) is 10.3. The van der Waals surface area contributed by atoms with Crippen LogP contribution >= 0.6 is 11.8 Å². The fourth-order valence-electron chi connectivity index (χ4n) is 2.96. The quantitative estimate of drug-likeness (QED) is 0.696. The van der Waals surface area contributed by atoms with Crippen molar-refractivity contribution in [2.75, 3.05) is 46.2 Å². The fourth-order valence-corrected chi connectivity index (χ4v) is 4.19. The zero-order chi connectivity index (χ0) is 19.8. The Kier molecular flexibility index (Phi) is 8.09. The predicted molar refractivity (Wildman–Crippen MR) is 107 cm³/mol. The largest absolute Gasteiger partial charge is 0.497 e. The molecule has 0 bridgehead atoms. The van der Waals surface area contributed by atoms with E-state index in [0.717, 1.165) is 23.5 Å². The Balaban J connectivity index is 2.13. The van der Waals surface area contributed by atoms with Gasteiger partial charge in [0.25, 0.3) is 0 Å². The Morgan fingerprint density at radius 3 is 2.74 bits per heavy atom. The minimum absolute atomic E-state index is 0.0693.